The van der Waals surface area contributed by atoms with Gasteiger partial charge in [0.2, 0.25) is 0 Å². The molecule has 1 saturated heterocycles. The molecule has 0 spiro atoms. The van der Waals surface area contributed by atoms with Gasteiger partial charge in [-0.2, -0.15) is 0 Å². The first-order valence-corrected chi connectivity index (χ1v) is 8.41. The van der Waals surface area contributed by atoms with Crippen molar-refractivity contribution in [2.45, 2.75) is 52.1 Å². The third-order valence-corrected chi connectivity index (χ3v) is 5.42. The Morgan fingerprint density at radius 3 is 2.53 bits per heavy atom. The van der Waals surface area contributed by atoms with Crippen LogP contribution in [0, 0.1) is 19.8 Å². The molecule has 4 heteroatoms. The predicted octanol–water partition coefficient (Wildman–Crippen LogP) is 2.72. The monoisotopic (exact) mass is 279 g/mol. The normalized spacial score (nSPS) is 21.2. The summed E-state index contributed by atoms with van der Waals surface area (Å²) in [6.45, 7) is 9.13. The first-order valence-electron chi connectivity index (χ1n) is 7.60. The van der Waals surface area contributed by atoms with E-state index in [1.165, 1.54) is 60.9 Å². The molecule has 1 N–H and O–H groups in total. The predicted molar refractivity (Wildman–Crippen MR) is 80.6 cm³/mol. The Kier molecular flexibility index (Phi) is 4.20. The largest absolute Gasteiger partial charge is 0.317 e. The number of aromatic nitrogens is 1. The fourth-order valence-electron chi connectivity index (χ4n) is 3.08. The van der Waals surface area contributed by atoms with E-state index in [0.29, 0.717) is 0 Å². The average molecular weight is 279 g/mol. The minimum atomic E-state index is 0.858. The molecule has 0 radical (unpaired) electrons. The first kappa shape index (κ1) is 13.5. The van der Waals surface area contributed by atoms with Gasteiger partial charge in [-0.05, 0) is 58.5 Å². The molecule has 1 saturated carbocycles. The number of piperidine rings is 1. The lowest BCUT2D eigenvalue weighted by molar-refractivity contribution is 0.191. The van der Waals surface area contributed by atoms with E-state index in [1.807, 2.05) is 11.3 Å². The summed E-state index contributed by atoms with van der Waals surface area (Å²) in [4.78, 5) is 8.79. The molecule has 2 heterocycles. The van der Waals surface area contributed by atoms with E-state index >= 15 is 0 Å². The summed E-state index contributed by atoms with van der Waals surface area (Å²) in [5, 5.41) is 4.68. The molecule has 0 bridgehead atoms. The fraction of sp³-hybridized carbons (Fsp3) is 0.800. The van der Waals surface area contributed by atoms with Crippen molar-refractivity contribution < 1.29 is 0 Å². The average Bonchev–Trinajstić information content (AvgIpc) is 3.18. The quantitative estimate of drug-likeness (QED) is 0.898. The van der Waals surface area contributed by atoms with Crippen LogP contribution in [0.25, 0.3) is 0 Å². The molecular formula is C15H25N3S. The number of aryl methyl sites for hydroxylation is 2. The van der Waals surface area contributed by atoms with Gasteiger partial charge in [-0.15, -0.1) is 11.3 Å². The van der Waals surface area contributed by atoms with Gasteiger partial charge in [0, 0.05) is 24.0 Å². The molecule has 3 nitrogen and oxygen atoms in total. The number of hydrogen-bond acceptors (Lipinski definition) is 4. The summed E-state index contributed by atoms with van der Waals surface area (Å²) >= 11 is 1.88. The maximum Gasteiger partial charge on any atom is 0.0900 e. The zero-order valence-corrected chi connectivity index (χ0v) is 12.9. The Labute approximate surface area is 120 Å². The summed E-state index contributed by atoms with van der Waals surface area (Å²) < 4.78 is 0. The van der Waals surface area contributed by atoms with Crippen molar-refractivity contribution in [3.63, 3.8) is 0 Å². The van der Waals surface area contributed by atoms with Crippen molar-refractivity contribution in [1.82, 2.24) is 15.2 Å². The van der Waals surface area contributed by atoms with Crippen molar-refractivity contribution in [3.05, 3.63) is 15.6 Å². The highest BCUT2D eigenvalue weighted by Gasteiger charge is 2.31. The Hall–Kier alpha value is -0.450. The highest BCUT2D eigenvalue weighted by Crippen LogP contribution is 2.32. The standard InChI is InChI=1S/C15H25N3S/c1-11-15(19-12(2)17-11)10-18(14-3-4-14)9-13-5-7-16-8-6-13/h13-14,16H,3-10H2,1-2H3. The van der Waals surface area contributed by atoms with Crippen LogP contribution in [0.4, 0.5) is 0 Å². The molecule has 0 amide bonds. The van der Waals surface area contributed by atoms with Gasteiger partial charge >= 0.3 is 0 Å². The van der Waals surface area contributed by atoms with Crippen LogP contribution in [0.2, 0.25) is 0 Å². The fourth-order valence-corrected chi connectivity index (χ4v) is 4.05. The number of hydrogen-bond donors (Lipinski definition) is 1. The maximum absolute atomic E-state index is 4.57. The Morgan fingerprint density at radius 1 is 1.21 bits per heavy atom. The minimum Gasteiger partial charge on any atom is -0.317 e. The Bertz CT molecular complexity index is 419. The Balaban J connectivity index is 1.62. The van der Waals surface area contributed by atoms with E-state index in [0.717, 1.165) is 18.5 Å². The lowest BCUT2D eigenvalue weighted by Crippen LogP contribution is -2.37. The second-order valence-corrected chi connectivity index (χ2v) is 7.38. The number of nitrogens with zero attached hydrogens (tertiary/aromatic N) is 2. The van der Waals surface area contributed by atoms with Crippen LogP contribution < -0.4 is 5.32 Å². The highest BCUT2D eigenvalue weighted by molar-refractivity contribution is 7.11. The van der Waals surface area contributed by atoms with Crippen molar-refractivity contribution in [2.24, 2.45) is 5.92 Å². The van der Waals surface area contributed by atoms with Gasteiger partial charge in [-0.3, -0.25) is 4.90 Å². The summed E-state index contributed by atoms with van der Waals surface area (Å²) in [5.41, 5.74) is 1.25. The van der Waals surface area contributed by atoms with Crippen LogP contribution in [0.1, 0.15) is 41.3 Å². The minimum absolute atomic E-state index is 0.858. The van der Waals surface area contributed by atoms with Crippen LogP contribution in [0.15, 0.2) is 0 Å². The topological polar surface area (TPSA) is 28.2 Å². The Morgan fingerprint density at radius 2 is 1.95 bits per heavy atom. The molecule has 1 aliphatic carbocycles. The van der Waals surface area contributed by atoms with Crippen LogP contribution >= 0.6 is 11.3 Å². The summed E-state index contributed by atoms with van der Waals surface area (Å²) in [5.74, 6) is 0.899. The smallest absolute Gasteiger partial charge is 0.0900 e. The van der Waals surface area contributed by atoms with Crippen LogP contribution in [-0.2, 0) is 6.54 Å². The SMILES string of the molecule is Cc1nc(C)c(CN(CC2CCNCC2)C2CC2)s1. The van der Waals surface area contributed by atoms with E-state index in [-0.39, 0.29) is 0 Å². The first-order chi connectivity index (χ1) is 9.22. The second-order valence-electron chi connectivity index (χ2n) is 6.10. The van der Waals surface area contributed by atoms with E-state index in [9.17, 15) is 0 Å². The third-order valence-electron chi connectivity index (χ3n) is 4.36. The molecule has 0 atom stereocenters. The van der Waals surface area contributed by atoms with Crippen LogP contribution in [0.5, 0.6) is 0 Å². The van der Waals surface area contributed by atoms with E-state index < -0.39 is 0 Å². The molecule has 1 aromatic rings. The van der Waals surface area contributed by atoms with Crippen molar-refractivity contribution in [2.75, 3.05) is 19.6 Å². The molecule has 1 aromatic heterocycles. The number of rotatable bonds is 5. The lowest BCUT2D eigenvalue weighted by Gasteiger charge is -2.30. The molecule has 2 aliphatic rings. The molecule has 106 valence electrons. The van der Waals surface area contributed by atoms with Gasteiger partial charge in [0.25, 0.3) is 0 Å². The molecular weight excluding hydrogens is 254 g/mol. The molecule has 0 unspecified atom stereocenters. The van der Waals surface area contributed by atoms with Gasteiger partial charge < -0.3 is 5.32 Å². The molecule has 1 aliphatic heterocycles. The molecule has 3 rings (SSSR count). The maximum atomic E-state index is 4.57. The number of thiazole rings is 1. The molecule has 19 heavy (non-hydrogen) atoms. The summed E-state index contributed by atoms with van der Waals surface area (Å²) in [7, 11) is 0. The van der Waals surface area contributed by atoms with Crippen molar-refractivity contribution >= 4 is 11.3 Å². The van der Waals surface area contributed by atoms with Crippen LogP contribution in [-0.4, -0.2) is 35.6 Å². The second kappa shape index (κ2) is 5.90. The van der Waals surface area contributed by atoms with Gasteiger partial charge in [0.05, 0.1) is 10.7 Å². The molecule has 2 fully saturated rings. The van der Waals surface area contributed by atoms with Gasteiger partial charge in [-0.25, -0.2) is 4.98 Å². The lowest BCUT2D eigenvalue weighted by atomic mass is 9.97. The van der Waals surface area contributed by atoms with Crippen molar-refractivity contribution in [1.29, 1.82) is 0 Å². The number of nitrogens with one attached hydrogen (secondary N) is 1. The molecule has 0 aromatic carbocycles. The highest BCUT2D eigenvalue weighted by atomic mass is 32.1. The van der Waals surface area contributed by atoms with Crippen LogP contribution in [0.3, 0.4) is 0 Å². The van der Waals surface area contributed by atoms with Crippen molar-refractivity contribution in [3.8, 4) is 0 Å². The zero-order chi connectivity index (χ0) is 13.2. The summed E-state index contributed by atoms with van der Waals surface area (Å²) in [6, 6.07) is 0.858. The zero-order valence-electron chi connectivity index (χ0n) is 12.1. The van der Waals surface area contributed by atoms with Gasteiger partial charge in [-0.1, -0.05) is 0 Å². The van der Waals surface area contributed by atoms with Gasteiger partial charge in [0.1, 0.15) is 0 Å². The van der Waals surface area contributed by atoms with E-state index in [1.54, 1.807) is 0 Å². The van der Waals surface area contributed by atoms with E-state index in [2.05, 4.69) is 29.0 Å². The summed E-state index contributed by atoms with van der Waals surface area (Å²) in [6.07, 6.45) is 5.51. The van der Waals surface area contributed by atoms with E-state index in [4.69, 9.17) is 0 Å². The van der Waals surface area contributed by atoms with Gasteiger partial charge in [0.15, 0.2) is 0 Å². The third kappa shape index (κ3) is 3.56.